The van der Waals surface area contributed by atoms with Crippen molar-refractivity contribution in [2.24, 2.45) is 0 Å². The molecule has 0 saturated heterocycles. The largest absolute Gasteiger partial charge is 0.355 e. The van der Waals surface area contributed by atoms with Gasteiger partial charge < -0.3 is 5.32 Å². The Morgan fingerprint density at radius 2 is 1.69 bits per heavy atom. The Kier molecular flexibility index (Phi) is 6.58. The summed E-state index contributed by atoms with van der Waals surface area (Å²) >= 11 is 1.72. The average molecular weight is 365 g/mol. The van der Waals surface area contributed by atoms with Gasteiger partial charge in [0, 0.05) is 11.4 Å². The van der Waals surface area contributed by atoms with Crippen LogP contribution in [-0.4, -0.2) is 19.0 Å². The molecule has 0 fully saturated rings. The molecule has 0 bridgehead atoms. The minimum absolute atomic E-state index is 0.000143. The van der Waals surface area contributed by atoms with Crippen LogP contribution in [0.3, 0.4) is 0 Å². The zero-order valence-corrected chi connectivity index (χ0v) is 15.8. The molecule has 0 radical (unpaired) electrons. The Morgan fingerprint density at radius 1 is 0.962 bits per heavy atom. The highest BCUT2D eigenvalue weighted by Gasteiger charge is 2.14. The van der Waals surface area contributed by atoms with Gasteiger partial charge in [0.2, 0.25) is 5.91 Å². The summed E-state index contributed by atoms with van der Waals surface area (Å²) in [6.45, 7) is 3.04. The summed E-state index contributed by atoms with van der Waals surface area (Å²) in [5.74, 6) is 0.0228. The van der Waals surface area contributed by atoms with Gasteiger partial charge in [-0.25, -0.2) is 0 Å². The van der Waals surface area contributed by atoms with E-state index in [-0.39, 0.29) is 18.5 Å². The second-order valence-electron chi connectivity index (χ2n) is 6.31. The van der Waals surface area contributed by atoms with E-state index >= 15 is 0 Å². The number of hydrogen-bond acceptors (Lipinski definition) is 3. The van der Waals surface area contributed by atoms with E-state index in [2.05, 4.69) is 65.4 Å². The molecule has 0 spiro atoms. The first-order chi connectivity index (χ1) is 12.7. The Labute approximate surface area is 159 Å². The van der Waals surface area contributed by atoms with Gasteiger partial charge in [0.15, 0.2) is 0 Å². The molecule has 26 heavy (non-hydrogen) atoms. The van der Waals surface area contributed by atoms with Gasteiger partial charge >= 0.3 is 0 Å². The highest BCUT2D eigenvalue weighted by Crippen LogP contribution is 2.22. The number of aryl methyl sites for hydroxylation is 1. The van der Waals surface area contributed by atoms with E-state index in [1.165, 1.54) is 10.4 Å². The third-order valence-electron chi connectivity index (χ3n) is 4.28. The van der Waals surface area contributed by atoms with Crippen LogP contribution in [-0.2, 0) is 11.2 Å². The lowest BCUT2D eigenvalue weighted by Gasteiger charge is -2.20. The van der Waals surface area contributed by atoms with Crippen molar-refractivity contribution in [3.05, 3.63) is 93.7 Å². The van der Waals surface area contributed by atoms with Crippen molar-refractivity contribution in [2.45, 2.75) is 19.4 Å². The fourth-order valence-electron chi connectivity index (χ4n) is 2.87. The fourth-order valence-corrected chi connectivity index (χ4v) is 3.58. The number of amides is 1. The predicted octanol–water partition coefficient (Wildman–Crippen LogP) is 4.09. The van der Waals surface area contributed by atoms with Crippen molar-refractivity contribution in [1.29, 1.82) is 0 Å². The van der Waals surface area contributed by atoms with E-state index in [0.717, 1.165) is 17.5 Å². The first-order valence-corrected chi connectivity index (χ1v) is 9.74. The Hall–Kier alpha value is -2.43. The molecule has 1 aromatic heterocycles. The summed E-state index contributed by atoms with van der Waals surface area (Å²) in [5.41, 5.74) is 3.54. The van der Waals surface area contributed by atoms with Crippen LogP contribution in [0, 0.1) is 6.92 Å². The molecule has 0 saturated carbocycles. The van der Waals surface area contributed by atoms with Crippen LogP contribution in [0.2, 0.25) is 0 Å². The summed E-state index contributed by atoms with van der Waals surface area (Å²) in [5, 5.41) is 8.46. The molecule has 3 rings (SSSR count). The lowest BCUT2D eigenvalue weighted by Crippen LogP contribution is -2.36. The van der Waals surface area contributed by atoms with Gasteiger partial charge in [-0.05, 0) is 35.9 Å². The smallest absolute Gasteiger partial charge is 0.233 e. The SMILES string of the molecule is Cc1ccc([C@@H](NCC(=O)NCCc2cccs2)c2ccccc2)cc1. The van der Waals surface area contributed by atoms with E-state index < -0.39 is 0 Å². The number of thiophene rings is 1. The van der Waals surface area contributed by atoms with E-state index in [1.807, 2.05) is 24.3 Å². The van der Waals surface area contributed by atoms with Crippen molar-refractivity contribution in [3.63, 3.8) is 0 Å². The number of carbonyl (C=O) groups excluding carboxylic acids is 1. The summed E-state index contributed by atoms with van der Waals surface area (Å²) in [4.78, 5) is 13.5. The Balaban J connectivity index is 1.59. The zero-order valence-electron chi connectivity index (χ0n) is 14.9. The van der Waals surface area contributed by atoms with Crippen LogP contribution in [0.15, 0.2) is 72.1 Å². The maximum atomic E-state index is 12.2. The molecule has 4 heteroatoms. The van der Waals surface area contributed by atoms with Crippen molar-refractivity contribution < 1.29 is 4.79 Å². The van der Waals surface area contributed by atoms with E-state index in [4.69, 9.17) is 0 Å². The minimum Gasteiger partial charge on any atom is -0.355 e. The van der Waals surface area contributed by atoms with Gasteiger partial charge in [-0.1, -0.05) is 66.2 Å². The molecule has 134 valence electrons. The number of benzene rings is 2. The first kappa shape index (κ1) is 18.4. The van der Waals surface area contributed by atoms with Gasteiger partial charge in [0.25, 0.3) is 0 Å². The number of carbonyl (C=O) groups is 1. The third kappa shape index (κ3) is 5.28. The van der Waals surface area contributed by atoms with Gasteiger partial charge in [0.1, 0.15) is 0 Å². The first-order valence-electron chi connectivity index (χ1n) is 8.86. The molecule has 3 nitrogen and oxygen atoms in total. The molecule has 1 atom stereocenters. The molecule has 1 heterocycles. The van der Waals surface area contributed by atoms with Gasteiger partial charge in [-0.2, -0.15) is 0 Å². The average Bonchev–Trinajstić information content (AvgIpc) is 3.18. The van der Waals surface area contributed by atoms with E-state index in [1.54, 1.807) is 11.3 Å². The van der Waals surface area contributed by atoms with Crippen molar-refractivity contribution in [1.82, 2.24) is 10.6 Å². The highest BCUT2D eigenvalue weighted by molar-refractivity contribution is 7.09. The predicted molar refractivity (Wildman–Crippen MR) is 108 cm³/mol. The van der Waals surface area contributed by atoms with Crippen LogP contribution in [0.25, 0.3) is 0 Å². The monoisotopic (exact) mass is 364 g/mol. The number of rotatable bonds is 8. The molecule has 2 aromatic carbocycles. The van der Waals surface area contributed by atoms with Crippen molar-refractivity contribution in [3.8, 4) is 0 Å². The van der Waals surface area contributed by atoms with Crippen LogP contribution in [0.1, 0.15) is 27.6 Å². The standard InChI is InChI=1S/C22H24N2OS/c1-17-9-11-19(12-10-17)22(18-6-3-2-4-7-18)24-16-21(25)23-14-13-20-8-5-15-26-20/h2-12,15,22,24H,13-14,16H2,1H3,(H,23,25)/t22-/m0/s1. The molecule has 0 unspecified atom stereocenters. The summed E-state index contributed by atoms with van der Waals surface area (Å²) in [6, 6.07) is 22.8. The van der Waals surface area contributed by atoms with E-state index in [9.17, 15) is 4.79 Å². The van der Waals surface area contributed by atoms with Crippen LogP contribution in [0.4, 0.5) is 0 Å². The lowest BCUT2D eigenvalue weighted by molar-refractivity contribution is -0.120. The summed E-state index contributed by atoms with van der Waals surface area (Å²) in [7, 11) is 0. The second kappa shape index (κ2) is 9.32. The summed E-state index contributed by atoms with van der Waals surface area (Å²) < 4.78 is 0. The quantitative estimate of drug-likeness (QED) is 0.632. The van der Waals surface area contributed by atoms with Gasteiger partial charge in [-0.15, -0.1) is 11.3 Å². The topological polar surface area (TPSA) is 41.1 Å². The Bertz CT molecular complexity index is 798. The third-order valence-corrected chi connectivity index (χ3v) is 5.22. The van der Waals surface area contributed by atoms with Crippen LogP contribution >= 0.6 is 11.3 Å². The van der Waals surface area contributed by atoms with Crippen LogP contribution < -0.4 is 10.6 Å². The van der Waals surface area contributed by atoms with E-state index in [0.29, 0.717) is 6.54 Å². The van der Waals surface area contributed by atoms with Crippen LogP contribution in [0.5, 0.6) is 0 Å². The molecule has 0 aliphatic heterocycles. The normalized spacial score (nSPS) is 11.9. The van der Waals surface area contributed by atoms with Crippen molar-refractivity contribution in [2.75, 3.05) is 13.1 Å². The molecule has 2 N–H and O–H groups in total. The van der Waals surface area contributed by atoms with Gasteiger partial charge in [-0.3, -0.25) is 10.1 Å². The maximum absolute atomic E-state index is 12.2. The van der Waals surface area contributed by atoms with Gasteiger partial charge in [0.05, 0.1) is 12.6 Å². The zero-order chi connectivity index (χ0) is 18.2. The number of nitrogens with one attached hydrogen (secondary N) is 2. The van der Waals surface area contributed by atoms with Crippen molar-refractivity contribution >= 4 is 17.2 Å². The highest BCUT2D eigenvalue weighted by atomic mass is 32.1. The maximum Gasteiger partial charge on any atom is 0.233 e. The lowest BCUT2D eigenvalue weighted by atomic mass is 9.98. The molecule has 0 aliphatic rings. The second-order valence-corrected chi connectivity index (χ2v) is 7.35. The fraction of sp³-hybridized carbons (Fsp3) is 0.227. The molecule has 1 amide bonds. The molecular weight excluding hydrogens is 340 g/mol. The Morgan fingerprint density at radius 3 is 2.38 bits per heavy atom. The molecular formula is C22H24N2OS. The minimum atomic E-state index is -0.000143. The molecule has 3 aromatic rings. The summed E-state index contributed by atoms with van der Waals surface area (Å²) in [6.07, 6.45) is 0.878. The number of hydrogen-bond donors (Lipinski definition) is 2. The molecule has 0 aliphatic carbocycles.